The van der Waals surface area contributed by atoms with E-state index >= 15 is 0 Å². The maximum absolute atomic E-state index is 8.56. The summed E-state index contributed by atoms with van der Waals surface area (Å²) in [5.74, 6) is 0. The van der Waals surface area contributed by atoms with E-state index in [1.807, 2.05) is 0 Å². The molecule has 24 valence electrons. The number of carbonyl (C=O) groups is 1. The van der Waals surface area contributed by atoms with E-state index in [4.69, 9.17) is 15.0 Å². The van der Waals surface area contributed by atoms with Gasteiger partial charge in [-0.15, -0.1) is 0 Å². The smallest absolute Gasteiger partial charge is 0.450 e. The third-order valence-corrected chi connectivity index (χ3v) is 0. The molecule has 0 aromatic heterocycles. The largest absolute Gasteiger partial charge is 3.00 e. The Kier molecular flexibility index (Phi) is 53.4. The van der Waals surface area contributed by atoms with Gasteiger partial charge in [-0.05, 0) is 0 Å². The molecule has 0 aliphatic rings. The Morgan fingerprint density at radius 1 is 1.14 bits per heavy atom. The van der Waals surface area contributed by atoms with E-state index < -0.39 is 6.16 Å². The van der Waals surface area contributed by atoms with E-state index in [-0.39, 0.29) is 63.5 Å². The van der Waals surface area contributed by atoms with Crippen molar-refractivity contribution in [2.75, 3.05) is 0 Å². The van der Waals surface area contributed by atoms with Crippen molar-refractivity contribution in [1.29, 1.82) is 0 Å². The topological polar surface area (TPSA) is 57.5 Å². The summed E-state index contributed by atoms with van der Waals surface area (Å²) in [6, 6.07) is 0. The molecule has 6 heteroatoms. The van der Waals surface area contributed by atoms with Crippen molar-refractivity contribution in [3.63, 3.8) is 0 Å². The molecule has 0 unspecified atom stereocenters. The van der Waals surface area contributed by atoms with Crippen LogP contribution in [0.2, 0.25) is 0 Å². The maximum atomic E-state index is 8.56. The molecule has 0 aromatic rings. The Labute approximate surface area is 83.9 Å². The third-order valence-electron chi connectivity index (χ3n) is 0. The monoisotopic (exact) mass is 137 g/mol. The second kappa shape index (κ2) is 15.7. The van der Waals surface area contributed by atoms with E-state index in [9.17, 15) is 0 Å². The second-order valence-electron chi connectivity index (χ2n) is 0.283. The molecule has 0 fully saturated rings. The normalized spacial score (nSPS) is 3.43. The van der Waals surface area contributed by atoms with Gasteiger partial charge < -0.3 is 10.2 Å². The van der Waals surface area contributed by atoms with Crippen LogP contribution < -0.4 is 0 Å². The summed E-state index contributed by atoms with van der Waals surface area (Å²) < 4.78 is 0. The molecule has 0 aliphatic carbocycles. The molecule has 0 aliphatic heterocycles. The van der Waals surface area contributed by atoms with Gasteiger partial charge in [0.15, 0.2) is 0 Å². The summed E-state index contributed by atoms with van der Waals surface area (Å²) in [4.78, 5) is 8.56. The minimum absolute atomic E-state index is 0. The Hall–Kier alpha value is 1.33. The first-order valence-corrected chi connectivity index (χ1v) is 0.651. The first kappa shape index (κ1) is 23.9. The van der Waals surface area contributed by atoms with Crippen LogP contribution in [0.25, 0.3) is 0 Å². The van der Waals surface area contributed by atoms with Crippen LogP contribution in [0.1, 0.15) is 0 Å². The zero-order chi connectivity index (χ0) is 3.58. The molecule has 0 heterocycles. The predicted octanol–water partition coefficient (Wildman–Crippen LogP) is -0.920. The molecule has 0 bridgehead atoms. The van der Waals surface area contributed by atoms with Crippen molar-refractivity contribution in [3.8, 4) is 0 Å². The molecule has 0 saturated heterocycles. The standard InChI is InChI=1S/CH2O3.Al.2Mg/c2-1(3)4;;;/h(H2,2,3,4);;;/q;+3;2*+2. The molecule has 0 spiro atoms. The van der Waals surface area contributed by atoms with Gasteiger partial charge in [-0.2, -0.15) is 0 Å². The molecular formula is CH2AlMg2O3+7. The van der Waals surface area contributed by atoms with Crippen molar-refractivity contribution < 1.29 is 15.0 Å². The minimum Gasteiger partial charge on any atom is -0.450 e. The number of rotatable bonds is 0. The SMILES string of the molecule is O=C(O)O.[Al+3].[Mg+2].[Mg+2]. The van der Waals surface area contributed by atoms with Crippen LogP contribution in [0.5, 0.6) is 0 Å². The Balaban J connectivity index is -0.0000000150. The predicted molar refractivity (Wildman–Crippen MR) is 27.9 cm³/mol. The van der Waals surface area contributed by atoms with Crippen molar-refractivity contribution in [1.82, 2.24) is 0 Å². The molecule has 7 heavy (non-hydrogen) atoms. The fraction of sp³-hybridized carbons (Fsp3) is 0. The van der Waals surface area contributed by atoms with Gasteiger partial charge in [0.1, 0.15) is 0 Å². The summed E-state index contributed by atoms with van der Waals surface area (Å²) in [6.45, 7) is 0. The second-order valence-corrected chi connectivity index (χ2v) is 0.283. The molecule has 0 radical (unpaired) electrons. The average molecular weight is 138 g/mol. The van der Waals surface area contributed by atoms with Gasteiger partial charge in [0.05, 0.1) is 0 Å². The van der Waals surface area contributed by atoms with E-state index in [1.165, 1.54) is 0 Å². The summed E-state index contributed by atoms with van der Waals surface area (Å²) in [5, 5.41) is 13.9. The van der Waals surface area contributed by atoms with Crippen molar-refractivity contribution >= 4 is 69.6 Å². The average Bonchev–Trinajstić information content (AvgIpc) is 0.811. The van der Waals surface area contributed by atoms with Gasteiger partial charge in [-0.3, -0.25) is 0 Å². The zero-order valence-corrected chi connectivity index (χ0v) is 7.78. The zero-order valence-electron chi connectivity index (χ0n) is 3.79. The van der Waals surface area contributed by atoms with Crippen LogP contribution >= 0.6 is 0 Å². The van der Waals surface area contributed by atoms with Crippen molar-refractivity contribution in [3.05, 3.63) is 0 Å². The summed E-state index contributed by atoms with van der Waals surface area (Å²) >= 11 is 0. The van der Waals surface area contributed by atoms with Crippen LogP contribution in [-0.4, -0.2) is 79.8 Å². The third kappa shape index (κ3) is 117. The molecule has 0 aromatic carbocycles. The summed E-state index contributed by atoms with van der Waals surface area (Å²) in [5.41, 5.74) is 0. The number of hydrogen-bond acceptors (Lipinski definition) is 1. The van der Waals surface area contributed by atoms with Crippen LogP contribution in [0.4, 0.5) is 4.79 Å². The van der Waals surface area contributed by atoms with Gasteiger partial charge in [0.25, 0.3) is 0 Å². The van der Waals surface area contributed by atoms with Crippen LogP contribution in [0, 0.1) is 0 Å². The van der Waals surface area contributed by atoms with Gasteiger partial charge in [-0.25, -0.2) is 4.79 Å². The summed E-state index contributed by atoms with van der Waals surface area (Å²) in [6.07, 6.45) is -1.83. The molecule has 0 amide bonds. The van der Waals surface area contributed by atoms with Gasteiger partial charge >= 0.3 is 69.6 Å². The van der Waals surface area contributed by atoms with Gasteiger partial charge in [-0.1, -0.05) is 0 Å². The Morgan fingerprint density at radius 2 is 1.14 bits per heavy atom. The summed E-state index contributed by atoms with van der Waals surface area (Å²) in [7, 11) is 0. The van der Waals surface area contributed by atoms with Crippen LogP contribution in [0.3, 0.4) is 0 Å². The number of hydrogen-bond donors (Lipinski definition) is 2. The molecule has 2 N–H and O–H groups in total. The van der Waals surface area contributed by atoms with E-state index in [0.717, 1.165) is 0 Å². The molecule has 0 atom stereocenters. The number of carboxylic acid groups (broad SMARTS) is 2. The van der Waals surface area contributed by atoms with Gasteiger partial charge in [0, 0.05) is 0 Å². The Bertz CT molecular complexity index is 35.9. The first-order valence-electron chi connectivity index (χ1n) is 0.651. The van der Waals surface area contributed by atoms with E-state index in [0.29, 0.717) is 0 Å². The van der Waals surface area contributed by atoms with Gasteiger partial charge in [0.2, 0.25) is 0 Å². The maximum Gasteiger partial charge on any atom is 3.00 e. The molecule has 0 saturated carbocycles. The molecule has 0 rings (SSSR count). The molecule has 3 nitrogen and oxygen atoms in total. The quantitative estimate of drug-likeness (QED) is 0.425. The van der Waals surface area contributed by atoms with Crippen molar-refractivity contribution in [2.45, 2.75) is 0 Å². The fourth-order valence-corrected chi connectivity index (χ4v) is 0. The van der Waals surface area contributed by atoms with Crippen molar-refractivity contribution in [2.24, 2.45) is 0 Å². The minimum atomic E-state index is -1.83. The Morgan fingerprint density at radius 3 is 1.14 bits per heavy atom. The van der Waals surface area contributed by atoms with Crippen LogP contribution in [-0.2, 0) is 0 Å². The first-order chi connectivity index (χ1) is 1.73. The van der Waals surface area contributed by atoms with Crippen LogP contribution in [0.15, 0.2) is 0 Å². The molecular weight excluding hydrogens is 136 g/mol. The van der Waals surface area contributed by atoms with E-state index in [1.54, 1.807) is 0 Å². The fourth-order valence-electron chi connectivity index (χ4n) is 0. The van der Waals surface area contributed by atoms with E-state index in [2.05, 4.69) is 0 Å².